The molecule has 0 unspecified atom stereocenters. The average molecular weight is 362 g/mol. The zero-order valence-electron chi connectivity index (χ0n) is 16.0. The van der Waals surface area contributed by atoms with E-state index in [4.69, 9.17) is 4.98 Å². The highest BCUT2D eigenvalue weighted by Gasteiger charge is 2.22. The summed E-state index contributed by atoms with van der Waals surface area (Å²) >= 11 is 0. The summed E-state index contributed by atoms with van der Waals surface area (Å²) in [6.45, 7) is 6.23. The molecule has 140 valence electrons. The van der Waals surface area contributed by atoms with Crippen molar-refractivity contribution < 1.29 is 0 Å². The Morgan fingerprint density at radius 1 is 1.19 bits per heavy atom. The largest absolute Gasteiger partial charge is 0.354 e. The van der Waals surface area contributed by atoms with Crippen LogP contribution in [0.2, 0.25) is 0 Å². The lowest BCUT2D eigenvalue weighted by atomic mass is 10.1. The first-order valence-electron chi connectivity index (χ1n) is 9.50. The van der Waals surface area contributed by atoms with Gasteiger partial charge in [-0.15, -0.1) is 0 Å². The minimum Gasteiger partial charge on any atom is -0.354 e. The van der Waals surface area contributed by atoms with E-state index in [1.54, 1.807) is 4.68 Å². The molecular weight excluding hydrogens is 336 g/mol. The van der Waals surface area contributed by atoms with Gasteiger partial charge in [-0.1, -0.05) is 30.3 Å². The first kappa shape index (κ1) is 17.7. The number of nitrogens with one attached hydrogen (secondary N) is 1. The Labute approximate surface area is 160 Å². The van der Waals surface area contributed by atoms with E-state index in [1.165, 1.54) is 12.0 Å². The SMILES string of the molecule is Cc1cnc(NC[C@@H]2CCN(Cc3ccccc3)C2)nc1-c1cnn(C)c1. The summed E-state index contributed by atoms with van der Waals surface area (Å²) in [6.07, 6.45) is 6.92. The van der Waals surface area contributed by atoms with E-state index in [9.17, 15) is 0 Å². The van der Waals surface area contributed by atoms with Crippen LogP contribution in [-0.2, 0) is 13.6 Å². The van der Waals surface area contributed by atoms with Gasteiger partial charge in [0.2, 0.25) is 5.95 Å². The fourth-order valence-electron chi connectivity index (χ4n) is 3.66. The second kappa shape index (κ2) is 7.88. The first-order chi connectivity index (χ1) is 13.2. The van der Waals surface area contributed by atoms with Gasteiger partial charge in [-0.2, -0.15) is 5.10 Å². The lowest BCUT2D eigenvalue weighted by molar-refractivity contribution is 0.319. The second-order valence-corrected chi connectivity index (χ2v) is 7.38. The molecule has 0 amide bonds. The quantitative estimate of drug-likeness (QED) is 0.730. The monoisotopic (exact) mass is 362 g/mol. The molecule has 1 atom stereocenters. The van der Waals surface area contributed by atoms with Crippen LogP contribution in [-0.4, -0.2) is 44.3 Å². The van der Waals surface area contributed by atoms with Crippen LogP contribution in [0.4, 0.5) is 5.95 Å². The third-order valence-corrected chi connectivity index (χ3v) is 5.12. The van der Waals surface area contributed by atoms with Crippen LogP contribution in [0.5, 0.6) is 0 Å². The van der Waals surface area contributed by atoms with Crippen LogP contribution >= 0.6 is 0 Å². The molecule has 2 aromatic heterocycles. The van der Waals surface area contributed by atoms with Crippen LogP contribution in [0, 0.1) is 12.8 Å². The summed E-state index contributed by atoms with van der Waals surface area (Å²) in [5.74, 6) is 1.32. The summed E-state index contributed by atoms with van der Waals surface area (Å²) in [4.78, 5) is 11.7. The number of aryl methyl sites for hydroxylation is 2. The highest BCUT2D eigenvalue weighted by Crippen LogP contribution is 2.22. The molecule has 0 aliphatic carbocycles. The highest BCUT2D eigenvalue weighted by molar-refractivity contribution is 5.62. The summed E-state index contributed by atoms with van der Waals surface area (Å²) in [7, 11) is 1.92. The third kappa shape index (κ3) is 4.34. The van der Waals surface area contributed by atoms with Crippen LogP contribution < -0.4 is 5.32 Å². The first-order valence-corrected chi connectivity index (χ1v) is 9.50. The van der Waals surface area contributed by atoms with Crippen molar-refractivity contribution in [3.8, 4) is 11.3 Å². The standard InChI is InChI=1S/C21H26N6/c1-16-10-22-21(25-20(16)19-12-24-26(2)15-19)23-11-18-8-9-27(14-18)13-17-6-4-3-5-7-17/h3-7,10,12,15,18H,8-9,11,13-14H2,1-2H3,(H,22,23,25)/t18-/m0/s1. The van der Waals surface area contributed by atoms with E-state index in [2.05, 4.69) is 50.6 Å². The van der Waals surface area contributed by atoms with Crippen molar-refractivity contribution in [3.05, 3.63) is 60.0 Å². The second-order valence-electron chi connectivity index (χ2n) is 7.38. The molecule has 0 spiro atoms. The fourth-order valence-corrected chi connectivity index (χ4v) is 3.66. The lowest BCUT2D eigenvalue weighted by Gasteiger charge is -2.16. The van der Waals surface area contributed by atoms with Crippen molar-refractivity contribution in [1.29, 1.82) is 0 Å². The van der Waals surface area contributed by atoms with Gasteiger partial charge >= 0.3 is 0 Å². The Morgan fingerprint density at radius 2 is 2.04 bits per heavy atom. The highest BCUT2D eigenvalue weighted by atomic mass is 15.2. The molecule has 6 heteroatoms. The van der Waals surface area contributed by atoms with Gasteiger partial charge in [0, 0.05) is 44.6 Å². The number of rotatable bonds is 6. The van der Waals surface area contributed by atoms with Crippen molar-refractivity contribution in [2.24, 2.45) is 13.0 Å². The predicted octanol–water partition coefficient (Wildman–Crippen LogP) is 3.12. The van der Waals surface area contributed by atoms with E-state index in [0.717, 1.165) is 43.0 Å². The molecule has 27 heavy (non-hydrogen) atoms. The molecule has 0 bridgehead atoms. The Hall–Kier alpha value is -2.73. The Kier molecular flexibility index (Phi) is 5.16. The van der Waals surface area contributed by atoms with Crippen LogP contribution in [0.3, 0.4) is 0 Å². The van der Waals surface area contributed by atoms with Crippen LogP contribution in [0.25, 0.3) is 11.3 Å². The number of nitrogens with zero attached hydrogens (tertiary/aromatic N) is 5. The molecule has 1 N–H and O–H groups in total. The Balaban J connectivity index is 1.34. The van der Waals surface area contributed by atoms with Crippen molar-refractivity contribution >= 4 is 5.95 Å². The molecule has 3 heterocycles. The Bertz CT molecular complexity index is 889. The van der Waals surface area contributed by atoms with Gasteiger partial charge in [-0.3, -0.25) is 9.58 Å². The van der Waals surface area contributed by atoms with Crippen molar-refractivity contribution in [1.82, 2.24) is 24.6 Å². The topological polar surface area (TPSA) is 58.9 Å². The van der Waals surface area contributed by atoms with Gasteiger partial charge in [0.15, 0.2) is 0 Å². The number of anilines is 1. The molecular formula is C21H26N6. The van der Waals surface area contributed by atoms with Gasteiger partial charge in [0.1, 0.15) is 0 Å². The smallest absolute Gasteiger partial charge is 0.223 e. The third-order valence-electron chi connectivity index (χ3n) is 5.12. The fraction of sp³-hybridized carbons (Fsp3) is 0.381. The molecule has 1 saturated heterocycles. The van der Waals surface area contributed by atoms with E-state index in [0.29, 0.717) is 11.9 Å². The van der Waals surface area contributed by atoms with E-state index in [1.807, 2.05) is 32.6 Å². The number of hydrogen-bond donors (Lipinski definition) is 1. The van der Waals surface area contributed by atoms with E-state index >= 15 is 0 Å². The zero-order chi connectivity index (χ0) is 18.6. The number of hydrogen-bond acceptors (Lipinski definition) is 5. The Morgan fingerprint density at radius 3 is 2.81 bits per heavy atom. The normalized spacial score (nSPS) is 17.3. The summed E-state index contributed by atoms with van der Waals surface area (Å²) in [5.41, 5.74) is 4.41. The summed E-state index contributed by atoms with van der Waals surface area (Å²) in [5, 5.41) is 7.68. The van der Waals surface area contributed by atoms with Crippen LogP contribution in [0.15, 0.2) is 48.9 Å². The van der Waals surface area contributed by atoms with Gasteiger partial charge < -0.3 is 5.32 Å². The van der Waals surface area contributed by atoms with Gasteiger partial charge in [0.25, 0.3) is 0 Å². The molecule has 3 aromatic rings. The minimum absolute atomic E-state index is 0.625. The summed E-state index contributed by atoms with van der Waals surface area (Å²) < 4.78 is 1.80. The maximum atomic E-state index is 4.71. The van der Waals surface area contributed by atoms with Gasteiger partial charge in [-0.25, -0.2) is 9.97 Å². The molecule has 6 nitrogen and oxygen atoms in total. The average Bonchev–Trinajstić information content (AvgIpc) is 3.31. The zero-order valence-corrected chi connectivity index (χ0v) is 16.0. The lowest BCUT2D eigenvalue weighted by Crippen LogP contribution is -2.23. The summed E-state index contributed by atoms with van der Waals surface area (Å²) in [6, 6.07) is 10.7. The molecule has 0 radical (unpaired) electrons. The van der Waals surface area contributed by atoms with E-state index < -0.39 is 0 Å². The van der Waals surface area contributed by atoms with Gasteiger partial charge in [0.05, 0.1) is 11.9 Å². The molecule has 1 aliphatic heterocycles. The van der Waals surface area contributed by atoms with Gasteiger partial charge in [-0.05, 0) is 36.9 Å². The number of benzene rings is 1. The maximum Gasteiger partial charge on any atom is 0.223 e. The van der Waals surface area contributed by atoms with E-state index in [-0.39, 0.29) is 0 Å². The molecule has 4 rings (SSSR count). The molecule has 1 aliphatic rings. The molecule has 0 saturated carbocycles. The van der Waals surface area contributed by atoms with Crippen molar-refractivity contribution in [3.63, 3.8) is 0 Å². The maximum absolute atomic E-state index is 4.71. The predicted molar refractivity (Wildman–Crippen MR) is 107 cm³/mol. The van der Waals surface area contributed by atoms with Crippen molar-refractivity contribution in [2.75, 3.05) is 25.0 Å². The van der Waals surface area contributed by atoms with Crippen molar-refractivity contribution in [2.45, 2.75) is 19.9 Å². The number of aromatic nitrogens is 4. The number of likely N-dealkylation sites (tertiary alicyclic amines) is 1. The minimum atomic E-state index is 0.625. The van der Waals surface area contributed by atoms with Crippen LogP contribution in [0.1, 0.15) is 17.5 Å². The molecule has 1 fully saturated rings. The molecule has 1 aromatic carbocycles.